The summed E-state index contributed by atoms with van der Waals surface area (Å²) in [5.74, 6) is 0.280. The van der Waals surface area contributed by atoms with Gasteiger partial charge in [-0.3, -0.25) is 4.79 Å². The summed E-state index contributed by atoms with van der Waals surface area (Å²) in [7, 11) is 0. The van der Waals surface area contributed by atoms with Gasteiger partial charge in [0, 0.05) is 17.3 Å². The molecule has 0 saturated heterocycles. The van der Waals surface area contributed by atoms with Gasteiger partial charge in [-0.05, 0) is 35.2 Å². The molecular weight excluding hydrogens is 284 g/mol. The van der Waals surface area contributed by atoms with E-state index in [0.717, 1.165) is 5.56 Å². The molecule has 0 radical (unpaired) electrons. The molecule has 0 saturated carbocycles. The number of anilines is 1. The molecule has 0 aliphatic heterocycles. The maximum atomic E-state index is 12.1. The third-order valence-corrected chi connectivity index (χ3v) is 3.59. The summed E-state index contributed by atoms with van der Waals surface area (Å²) in [6.45, 7) is 4.76. The molecule has 3 N–H and O–H groups in total. The van der Waals surface area contributed by atoms with E-state index in [0.29, 0.717) is 28.7 Å². The van der Waals surface area contributed by atoms with Gasteiger partial charge in [-0.25, -0.2) is 0 Å². The zero-order valence-corrected chi connectivity index (χ0v) is 12.9. The van der Waals surface area contributed by atoms with Crippen LogP contribution >= 0.6 is 11.6 Å². The number of nitrogen functional groups attached to an aromatic ring is 1. The maximum absolute atomic E-state index is 12.1. The van der Waals surface area contributed by atoms with Crippen LogP contribution in [0.25, 0.3) is 0 Å². The number of benzene rings is 2. The van der Waals surface area contributed by atoms with Crippen molar-refractivity contribution in [2.75, 3.05) is 5.73 Å². The molecular formula is C17H19ClN2O. The van der Waals surface area contributed by atoms with E-state index >= 15 is 0 Å². The van der Waals surface area contributed by atoms with E-state index in [9.17, 15) is 4.79 Å². The third kappa shape index (κ3) is 3.99. The zero-order chi connectivity index (χ0) is 15.4. The number of nitrogens with two attached hydrogens (primary N) is 1. The highest BCUT2D eigenvalue weighted by atomic mass is 35.5. The minimum absolute atomic E-state index is 0.220. The van der Waals surface area contributed by atoms with Crippen LogP contribution in [0.1, 0.15) is 41.3 Å². The van der Waals surface area contributed by atoms with Crippen LogP contribution in [0.2, 0.25) is 5.02 Å². The Morgan fingerprint density at radius 2 is 1.86 bits per heavy atom. The second-order valence-electron chi connectivity index (χ2n) is 5.31. The highest BCUT2D eigenvalue weighted by Gasteiger charge is 2.10. The van der Waals surface area contributed by atoms with Gasteiger partial charge in [0.15, 0.2) is 0 Å². The summed E-state index contributed by atoms with van der Waals surface area (Å²) < 4.78 is 0. The van der Waals surface area contributed by atoms with E-state index in [1.54, 1.807) is 18.2 Å². The summed E-state index contributed by atoms with van der Waals surface area (Å²) in [6.07, 6.45) is 0. The number of rotatable bonds is 4. The van der Waals surface area contributed by atoms with E-state index < -0.39 is 0 Å². The van der Waals surface area contributed by atoms with Crippen molar-refractivity contribution >= 4 is 23.2 Å². The van der Waals surface area contributed by atoms with Gasteiger partial charge < -0.3 is 11.1 Å². The Balaban J connectivity index is 2.02. The Hall–Kier alpha value is -2.00. The van der Waals surface area contributed by atoms with E-state index in [2.05, 4.69) is 31.3 Å². The van der Waals surface area contributed by atoms with Crippen molar-refractivity contribution in [3.8, 4) is 0 Å². The standard InChI is InChI=1S/C17H19ClN2O/c1-11(2)13-5-3-12(4-6-13)10-20-17(21)15-9-14(18)7-8-16(15)19/h3-9,11H,10,19H2,1-2H3,(H,20,21). The highest BCUT2D eigenvalue weighted by Crippen LogP contribution is 2.18. The molecule has 21 heavy (non-hydrogen) atoms. The lowest BCUT2D eigenvalue weighted by Crippen LogP contribution is -2.23. The largest absolute Gasteiger partial charge is 0.398 e. The van der Waals surface area contributed by atoms with Crippen LogP contribution in [-0.2, 0) is 6.54 Å². The lowest BCUT2D eigenvalue weighted by Gasteiger charge is -2.09. The molecule has 0 atom stereocenters. The number of hydrogen-bond donors (Lipinski definition) is 2. The quantitative estimate of drug-likeness (QED) is 0.839. The fourth-order valence-electron chi connectivity index (χ4n) is 2.02. The topological polar surface area (TPSA) is 55.1 Å². The van der Waals surface area contributed by atoms with Crippen molar-refractivity contribution in [2.45, 2.75) is 26.3 Å². The third-order valence-electron chi connectivity index (χ3n) is 3.36. The molecule has 0 unspecified atom stereocenters. The van der Waals surface area contributed by atoms with Gasteiger partial charge in [0.1, 0.15) is 0 Å². The molecule has 0 spiro atoms. The van der Waals surface area contributed by atoms with Crippen molar-refractivity contribution in [1.82, 2.24) is 5.32 Å². The molecule has 0 aromatic heterocycles. The van der Waals surface area contributed by atoms with Crippen LogP contribution in [0.15, 0.2) is 42.5 Å². The average molecular weight is 303 g/mol. The van der Waals surface area contributed by atoms with Gasteiger partial charge in [-0.15, -0.1) is 0 Å². The summed E-state index contributed by atoms with van der Waals surface area (Å²) in [5, 5.41) is 3.35. The zero-order valence-electron chi connectivity index (χ0n) is 12.2. The van der Waals surface area contributed by atoms with Crippen LogP contribution in [0.3, 0.4) is 0 Å². The van der Waals surface area contributed by atoms with Gasteiger partial charge >= 0.3 is 0 Å². The minimum Gasteiger partial charge on any atom is -0.398 e. The first kappa shape index (κ1) is 15.4. The molecule has 110 valence electrons. The maximum Gasteiger partial charge on any atom is 0.253 e. The summed E-state index contributed by atoms with van der Waals surface area (Å²) >= 11 is 5.89. The van der Waals surface area contributed by atoms with E-state index in [1.807, 2.05) is 12.1 Å². The van der Waals surface area contributed by atoms with Crippen molar-refractivity contribution in [3.05, 3.63) is 64.2 Å². The van der Waals surface area contributed by atoms with Crippen LogP contribution in [0, 0.1) is 0 Å². The Morgan fingerprint density at radius 1 is 1.19 bits per heavy atom. The van der Waals surface area contributed by atoms with Crippen molar-refractivity contribution < 1.29 is 4.79 Å². The number of hydrogen-bond acceptors (Lipinski definition) is 2. The first-order chi connectivity index (χ1) is 9.97. The van der Waals surface area contributed by atoms with Crippen LogP contribution in [0.5, 0.6) is 0 Å². The van der Waals surface area contributed by atoms with Gasteiger partial charge in [0.25, 0.3) is 5.91 Å². The van der Waals surface area contributed by atoms with E-state index in [-0.39, 0.29) is 5.91 Å². The Labute approximate surface area is 130 Å². The SMILES string of the molecule is CC(C)c1ccc(CNC(=O)c2cc(Cl)ccc2N)cc1. The van der Waals surface area contributed by atoms with Crippen LogP contribution < -0.4 is 11.1 Å². The normalized spacial score (nSPS) is 10.7. The lowest BCUT2D eigenvalue weighted by atomic mass is 10.0. The highest BCUT2D eigenvalue weighted by molar-refractivity contribution is 6.31. The molecule has 2 rings (SSSR count). The fourth-order valence-corrected chi connectivity index (χ4v) is 2.20. The molecule has 0 aliphatic rings. The first-order valence-corrected chi connectivity index (χ1v) is 7.27. The first-order valence-electron chi connectivity index (χ1n) is 6.89. The molecule has 1 amide bonds. The Bertz CT molecular complexity index is 636. The minimum atomic E-state index is -0.220. The molecule has 2 aromatic carbocycles. The Morgan fingerprint density at radius 3 is 2.48 bits per heavy atom. The molecule has 3 nitrogen and oxygen atoms in total. The van der Waals surface area contributed by atoms with Crippen molar-refractivity contribution in [1.29, 1.82) is 0 Å². The smallest absolute Gasteiger partial charge is 0.253 e. The molecule has 4 heteroatoms. The number of carbonyl (C=O) groups is 1. The van der Waals surface area contributed by atoms with E-state index in [1.165, 1.54) is 5.56 Å². The van der Waals surface area contributed by atoms with Gasteiger partial charge in [0.2, 0.25) is 0 Å². The molecule has 0 fully saturated rings. The second kappa shape index (κ2) is 6.64. The molecule has 2 aromatic rings. The average Bonchev–Trinajstić information content (AvgIpc) is 2.47. The Kier molecular flexibility index (Phi) is 4.86. The van der Waals surface area contributed by atoms with Crippen molar-refractivity contribution in [2.24, 2.45) is 0 Å². The van der Waals surface area contributed by atoms with Crippen LogP contribution in [0.4, 0.5) is 5.69 Å². The van der Waals surface area contributed by atoms with Gasteiger partial charge in [-0.2, -0.15) is 0 Å². The number of nitrogens with one attached hydrogen (secondary N) is 1. The fraction of sp³-hybridized carbons (Fsp3) is 0.235. The lowest BCUT2D eigenvalue weighted by molar-refractivity contribution is 0.0952. The van der Waals surface area contributed by atoms with E-state index in [4.69, 9.17) is 17.3 Å². The second-order valence-corrected chi connectivity index (χ2v) is 5.75. The van der Waals surface area contributed by atoms with Crippen molar-refractivity contribution in [3.63, 3.8) is 0 Å². The predicted octanol–water partition coefficient (Wildman–Crippen LogP) is 3.98. The number of halogens is 1. The van der Waals surface area contributed by atoms with Gasteiger partial charge in [-0.1, -0.05) is 49.7 Å². The molecule has 0 heterocycles. The molecule has 0 bridgehead atoms. The summed E-state index contributed by atoms with van der Waals surface area (Å²) in [6, 6.07) is 13.1. The predicted molar refractivity (Wildman–Crippen MR) is 87.6 cm³/mol. The monoisotopic (exact) mass is 302 g/mol. The summed E-state index contributed by atoms with van der Waals surface area (Å²) in [4.78, 5) is 12.1. The number of carbonyl (C=O) groups excluding carboxylic acids is 1. The van der Waals surface area contributed by atoms with Gasteiger partial charge in [0.05, 0.1) is 5.56 Å². The molecule has 0 aliphatic carbocycles. The summed E-state index contributed by atoms with van der Waals surface area (Å²) in [5.41, 5.74) is 8.95. The number of amides is 1. The van der Waals surface area contributed by atoms with Crippen LogP contribution in [-0.4, -0.2) is 5.91 Å².